The monoisotopic (exact) mass is 350 g/mol. The summed E-state index contributed by atoms with van der Waals surface area (Å²) in [6.07, 6.45) is 3.32. The van der Waals surface area contributed by atoms with Crippen LogP contribution in [-0.4, -0.2) is 21.5 Å². The van der Waals surface area contributed by atoms with Crippen LogP contribution < -0.4 is 10.0 Å². The Kier molecular flexibility index (Phi) is 5.54. The summed E-state index contributed by atoms with van der Waals surface area (Å²) < 4.78 is 27.8. The van der Waals surface area contributed by atoms with Crippen molar-refractivity contribution in [3.05, 3.63) is 27.7 Å². The van der Waals surface area contributed by atoms with Crippen LogP contribution in [0.3, 0.4) is 0 Å². The first-order valence-electron chi connectivity index (χ1n) is 7.00. The van der Waals surface area contributed by atoms with E-state index in [9.17, 15) is 8.42 Å². The minimum absolute atomic E-state index is 0.0803. The third-order valence-corrected chi connectivity index (χ3v) is 6.33. The summed E-state index contributed by atoms with van der Waals surface area (Å²) in [5.41, 5.74) is 0.709. The van der Waals surface area contributed by atoms with Gasteiger partial charge in [0, 0.05) is 17.6 Å². The molecule has 4 nitrogen and oxygen atoms in total. The molecule has 1 aromatic carbocycles. The Morgan fingerprint density at radius 3 is 2.48 bits per heavy atom. The fraction of sp³-hybridized carbons (Fsp3) is 0.571. The number of benzene rings is 1. The summed E-state index contributed by atoms with van der Waals surface area (Å²) in [5, 5.41) is 3.56. The van der Waals surface area contributed by atoms with Crippen molar-refractivity contribution in [2.45, 2.75) is 43.7 Å². The lowest BCUT2D eigenvalue weighted by Gasteiger charge is -2.31. The van der Waals surface area contributed by atoms with Crippen LogP contribution in [0.5, 0.6) is 0 Å². The average molecular weight is 351 g/mol. The highest BCUT2D eigenvalue weighted by Crippen LogP contribution is 2.32. The first-order valence-corrected chi connectivity index (χ1v) is 9.24. The van der Waals surface area contributed by atoms with E-state index in [4.69, 9.17) is 23.2 Å². The van der Waals surface area contributed by atoms with Gasteiger partial charge in [-0.25, -0.2) is 13.1 Å². The maximum absolute atomic E-state index is 12.5. The molecule has 0 spiro atoms. The standard InChI is InChI=1S/C14H20Cl2N2O2S/c1-9(10-4-3-5-10)18-21(19,20)14-6-11(8-17-2)12(15)7-13(14)16/h6-7,9-10,17-18H,3-5,8H2,1-2H3. The van der Waals surface area contributed by atoms with Crippen LogP contribution in [0.15, 0.2) is 17.0 Å². The van der Waals surface area contributed by atoms with Crippen molar-refractivity contribution in [1.29, 1.82) is 0 Å². The van der Waals surface area contributed by atoms with Crippen LogP contribution in [-0.2, 0) is 16.6 Å². The Hall–Kier alpha value is -0.330. The minimum atomic E-state index is -3.64. The van der Waals surface area contributed by atoms with Gasteiger partial charge in [-0.1, -0.05) is 29.6 Å². The van der Waals surface area contributed by atoms with Crippen molar-refractivity contribution in [1.82, 2.24) is 10.0 Å². The van der Waals surface area contributed by atoms with Gasteiger partial charge >= 0.3 is 0 Å². The summed E-state index contributed by atoms with van der Waals surface area (Å²) in [7, 11) is -1.86. The summed E-state index contributed by atoms with van der Waals surface area (Å²) >= 11 is 12.2. The number of sulfonamides is 1. The van der Waals surface area contributed by atoms with Crippen LogP contribution in [0.25, 0.3) is 0 Å². The van der Waals surface area contributed by atoms with E-state index in [-0.39, 0.29) is 16.0 Å². The highest BCUT2D eigenvalue weighted by molar-refractivity contribution is 7.89. The second-order valence-electron chi connectivity index (χ2n) is 5.51. The second kappa shape index (κ2) is 6.84. The lowest BCUT2D eigenvalue weighted by Crippen LogP contribution is -2.40. The highest BCUT2D eigenvalue weighted by Gasteiger charge is 2.29. The molecule has 0 aromatic heterocycles. The molecule has 118 valence electrons. The molecule has 1 atom stereocenters. The van der Waals surface area contributed by atoms with Crippen molar-refractivity contribution in [2.75, 3.05) is 7.05 Å². The van der Waals surface area contributed by atoms with Gasteiger partial charge in [0.05, 0.1) is 5.02 Å². The molecule has 2 rings (SSSR count). The highest BCUT2D eigenvalue weighted by atomic mass is 35.5. The Bertz CT molecular complexity index is 616. The number of hydrogen-bond donors (Lipinski definition) is 2. The van der Waals surface area contributed by atoms with Gasteiger partial charge in [-0.3, -0.25) is 0 Å². The molecule has 1 aromatic rings. The van der Waals surface area contributed by atoms with Gasteiger partial charge in [0.1, 0.15) is 4.90 Å². The maximum atomic E-state index is 12.5. The molecule has 2 N–H and O–H groups in total. The Labute approximate surface area is 136 Å². The molecule has 7 heteroatoms. The smallest absolute Gasteiger partial charge is 0.242 e. The van der Waals surface area contributed by atoms with Crippen LogP contribution in [0.4, 0.5) is 0 Å². The van der Waals surface area contributed by atoms with E-state index in [0.717, 1.165) is 12.8 Å². The van der Waals surface area contributed by atoms with Crippen LogP contribution in [0.2, 0.25) is 10.0 Å². The molecule has 0 bridgehead atoms. The average Bonchev–Trinajstić information content (AvgIpc) is 2.29. The van der Waals surface area contributed by atoms with E-state index < -0.39 is 10.0 Å². The predicted molar refractivity (Wildman–Crippen MR) is 86.4 cm³/mol. The number of halogens is 2. The van der Waals surface area contributed by atoms with Crippen LogP contribution in [0.1, 0.15) is 31.7 Å². The van der Waals surface area contributed by atoms with E-state index in [1.807, 2.05) is 6.92 Å². The first-order chi connectivity index (χ1) is 9.85. The van der Waals surface area contributed by atoms with Gasteiger partial charge in [-0.2, -0.15) is 0 Å². The molecule has 0 heterocycles. The third-order valence-electron chi connectivity index (χ3n) is 3.96. The van der Waals surface area contributed by atoms with Crippen molar-refractivity contribution in [3.8, 4) is 0 Å². The first kappa shape index (κ1) is 17.0. The SMILES string of the molecule is CNCc1cc(S(=O)(=O)NC(C)C2CCC2)c(Cl)cc1Cl. The Morgan fingerprint density at radius 2 is 1.95 bits per heavy atom. The Balaban J connectivity index is 2.27. The van der Waals surface area contributed by atoms with Crippen molar-refractivity contribution in [3.63, 3.8) is 0 Å². The Morgan fingerprint density at radius 1 is 1.29 bits per heavy atom. The molecule has 0 amide bonds. The molecular formula is C14H20Cl2N2O2S. The molecular weight excluding hydrogens is 331 g/mol. The van der Waals surface area contributed by atoms with Crippen molar-refractivity contribution < 1.29 is 8.42 Å². The number of rotatable bonds is 6. The second-order valence-corrected chi connectivity index (χ2v) is 8.00. The fourth-order valence-electron chi connectivity index (χ4n) is 2.45. The normalized spacial score (nSPS) is 17.5. The molecule has 0 aliphatic heterocycles. The van der Waals surface area contributed by atoms with E-state index >= 15 is 0 Å². The molecule has 0 radical (unpaired) electrons. The van der Waals surface area contributed by atoms with Gasteiger partial charge in [0.15, 0.2) is 0 Å². The number of hydrogen-bond acceptors (Lipinski definition) is 3. The molecule has 0 saturated heterocycles. The van der Waals surface area contributed by atoms with Gasteiger partial charge in [0.2, 0.25) is 10.0 Å². The van der Waals surface area contributed by atoms with Crippen LogP contribution >= 0.6 is 23.2 Å². The lowest BCUT2D eigenvalue weighted by atomic mass is 9.81. The topological polar surface area (TPSA) is 58.2 Å². The van der Waals surface area contributed by atoms with Gasteiger partial charge in [-0.15, -0.1) is 0 Å². The van der Waals surface area contributed by atoms with Crippen molar-refractivity contribution in [2.24, 2.45) is 5.92 Å². The maximum Gasteiger partial charge on any atom is 0.242 e. The van der Waals surface area contributed by atoms with Crippen LogP contribution in [0, 0.1) is 5.92 Å². The summed E-state index contributed by atoms with van der Waals surface area (Å²) in [6.45, 7) is 2.39. The molecule has 1 fully saturated rings. The minimum Gasteiger partial charge on any atom is -0.316 e. The van der Waals surface area contributed by atoms with Gasteiger partial charge in [0.25, 0.3) is 0 Å². The van der Waals surface area contributed by atoms with E-state index in [1.54, 1.807) is 7.05 Å². The van der Waals surface area contributed by atoms with Gasteiger partial charge in [-0.05, 0) is 50.4 Å². The van der Waals surface area contributed by atoms with E-state index in [2.05, 4.69) is 10.0 Å². The largest absolute Gasteiger partial charge is 0.316 e. The third kappa shape index (κ3) is 3.90. The summed E-state index contributed by atoms with van der Waals surface area (Å²) in [4.78, 5) is 0.0880. The zero-order valence-corrected chi connectivity index (χ0v) is 14.4. The van der Waals surface area contributed by atoms with Gasteiger partial charge < -0.3 is 5.32 Å². The zero-order chi connectivity index (χ0) is 15.6. The quantitative estimate of drug-likeness (QED) is 0.828. The molecule has 1 saturated carbocycles. The summed E-state index contributed by atoms with van der Waals surface area (Å²) in [6, 6.07) is 2.94. The predicted octanol–water partition coefficient (Wildman–Crippen LogP) is 3.18. The lowest BCUT2D eigenvalue weighted by molar-refractivity contribution is 0.260. The summed E-state index contributed by atoms with van der Waals surface area (Å²) in [5.74, 6) is 0.419. The zero-order valence-electron chi connectivity index (χ0n) is 12.1. The molecule has 21 heavy (non-hydrogen) atoms. The molecule has 1 aliphatic carbocycles. The van der Waals surface area contributed by atoms with E-state index in [1.165, 1.54) is 18.6 Å². The van der Waals surface area contributed by atoms with E-state index in [0.29, 0.717) is 23.0 Å². The number of nitrogens with one attached hydrogen (secondary N) is 2. The van der Waals surface area contributed by atoms with Crippen molar-refractivity contribution >= 4 is 33.2 Å². The molecule has 1 unspecified atom stereocenters. The fourth-order valence-corrected chi connectivity index (χ4v) is 4.62. The molecule has 1 aliphatic rings.